The number of primary amides is 1. The molecular weight excluding hydrogens is 209 g/mol. The SMILES string of the molecule is NC(=O)C1=C(F)C(F)(F)C(F)(F)CC1. The largest absolute Gasteiger partial charge is 0.366 e. The fourth-order valence-corrected chi connectivity index (χ4v) is 1.13. The lowest BCUT2D eigenvalue weighted by atomic mass is 9.91. The van der Waals surface area contributed by atoms with Crippen LogP contribution >= 0.6 is 0 Å². The van der Waals surface area contributed by atoms with Crippen LogP contribution in [0.25, 0.3) is 0 Å². The van der Waals surface area contributed by atoms with Crippen LogP contribution in [0.5, 0.6) is 0 Å². The molecule has 1 amide bonds. The van der Waals surface area contributed by atoms with E-state index in [1.54, 1.807) is 0 Å². The van der Waals surface area contributed by atoms with Crippen molar-refractivity contribution in [2.45, 2.75) is 24.7 Å². The summed E-state index contributed by atoms with van der Waals surface area (Å²) >= 11 is 0. The monoisotopic (exact) mass is 215 g/mol. The molecule has 0 aromatic carbocycles. The number of nitrogens with two attached hydrogens (primary N) is 1. The minimum absolute atomic E-state index is 0.774. The summed E-state index contributed by atoms with van der Waals surface area (Å²) in [7, 11) is 0. The summed E-state index contributed by atoms with van der Waals surface area (Å²) in [4.78, 5) is 10.4. The highest BCUT2D eigenvalue weighted by Crippen LogP contribution is 2.48. The maximum absolute atomic E-state index is 12.7. The van der Waals surface area contributed by atoms with Crippen molar-refractivity contribution in [2.24, 2.45) is 5.73 Å². The molecule has 0 atom stereocenters. The molecule has 7 heteroatoms. The Labute approximate surface area is 75.6 Å². The number of carbonyl (C=O) groups is 1. The highest BCUT2D eigenvalue weighted by Gasteiger charge is 2.62. The van der Waals surface area contributed by atoms with E-state index in [1.807, 2.05) is 0 Å². The summed E-state index contributed by atoms with van der Waals surface area (Å²) in [5.74, 6) is -13.2. The second-order valence-corrected chi connectivity index (χ2v) is 2.94. The van der Waals surface area contributed by atoms with Gasteiger partial charge in [-0.3, -0.25) is 4.79 Å². The Hall–Kier alpha value is -1.14. The molecule has 80 valence electrons. The van der Waals surface area contributed by atoms with E-state index in [0.717, 1.165) is 0 Å². The van der Waals surface area contributed by atoms with Gasteiger partial charge in [-0.2, -0.15) is 17.6 Å². The van der Waals surface area contributed by atoms with E-state index >= 15 is 0 Å². The second kappa shape index (κ2) is 2.93. The number of hydrogen-bond acceptors (Lipinski definition) is 1. The molecule has 1 aliphatic rings. The molecule has 0 unspecified atom stereocenters. The van der Waals surface area contributed by atoms with Gasteiger partial charge < -0.3 is 5.73 Å². The number of rotatable bonds is 1. The van der Waals surface area contributed by atoms with Gasteiger partial charge in [0.2, 0.25) is 5.91 Å². The van der Waals surface area contributed by atoms with Crippen molar-refractivity contribution < 1.29 is 26.7 Å². The van der Waals surface area contributed by atoms with Crippen molar-refractivity contribution in [3.05, 3.63) is 11.4 Å². The van der Waals surface area contributed by atoms with Gasteiger partial charge in [0.25, 0.3) is 0 Å². The average Bonchev–Trinajstić information content (AvgIpc) is 2.00. The maximum Gasteiger partial charge on any atom is 0.361 e. The predicted octanol–water partition coefficient (Wildman–Crippen LogP) is 1.76. The zero-order valence-corrected chi connectivity index (χ0v) is 6.79. The van der Waals surface area contributed by atoms with Gasteiger partial charge in [-0.25, -0.2) is 4.39 Å². The fraction of sp³-hybridized carbons (Fsp3) is 0.571. The molecule has 0 spiro atoms. The first-order chi connectivity index (χ1) is 6.20. The van der Waals surface area contributed by atoms with Crippen LogP contribution < -0.4 is 5.73 Å². The van der Waals surface area contributed by atoms with Gasteiger partial charge >= 0.3 is 11.8 Å². The van der Waals surface area contributed by atoms with E-state index in [-0.39, 0.29) is 0 Å². The molecule has 14 heavy (non-hydrogen) atoms. The Morgan fingerprint density at radius 3 is 2.21 bits per heavy atom. The Bertz CT molecular complexity index is 309. The van der Waals surface area contributed by atoms with Gasteiger partial charge in [0, 0.05) is 6.42 Å². The summed E-state index contributed by atoms with van der Waals surface area (Å²) in [6.07, 6.45) is -2.06. The topological polar surface area (TPSA) is 43.1 Å². The standard InChI is InChI=1S/C7H6F5NO/c8-4-3(5(13)14)1-2-6(9,10)7(4,11)12/h1-2H2,(H2,13,14). The van der Waals surface area contributed by atoms with Crippen LogP contribution in [0.15, 0.2) is 11.4 Å². The molecule has 0 bridgehead atoms. The zero-order chi connectivity index (χ0) is 11.1. The van der Waals surface area contributed by atoms with Gasteiger partial charge in [0.1, 0.15) is 0 Å². The van der Waals surface area contributed by atoms with E-state index in [4.69, 9.17) is 0 Å². The molecule has 0 fully saturated rings. The van der Waals surface area contributed by atoms with Crippen molar-refractivity contribution in [1.82, 2.24) is 0 Å². The molecule has 0 aromatic rings. The van der Waals surface area contributed by atoms with Crippen LogP contribution in [0.2, 0.25) is 0 Å². The van der Waals surface area contributed by atoms with E-state index in [9.17, 15) is 26.7 Å². The molecule has 2 N–H and O–H groups in total. The number of hydrogen-bond donors (Lipinski definition) is 1. The first kappa shape index (κ1) is 10.9. The molecule has 1 rings (SSSR count). The summed E-state index contributed by atoms with van der Waals surface area (Å²) in [6, 6.07) is 0. The summed E-state index contributed by atoms with van der Waals surface area (Å²) in [5.41, 5.74) is 3.50. The highest BCUT2D eigenvalue weighted by atomic mass is 19.3. The Morgan fingerprint density at radius 2 is 1.79 bits per heavy atom. The van der Waals surface area contributed by atoms with Gasteiger partial charge in [-0.1, -0.05) is 0 Å². The third kappa shape index (κ3) is 1.36. The molecule has 0 saturated heterocycles. The average molecular weight is 215 g/mol. The van der Waals surface area contributed by atoms with Crippen LogP contribution in [0, 0.1) is 0 Å². The first-order valence-electron chi connectivity index (χ1n) is 3.64. The van der Waals surface area contributed by atoms with Crippen LogP contribution in [0.1, 0.15) is 12.8 Å². The molecule has 0 aromatic heterocycles. The normalized spacial score (nSPS) is 24.9. The van der Waals surface area contributed by atoms with Gasteiger partial charge in [-0.15, -0.1) is 0 Å². The van der Waals surface area contributed by atoms with Crippen molar-refractivity contribution in [3.63, 3.8) is 0 Å². The van der Waals surface area contributed by atoms with Crippen molar-refractivity contribution >= 4 is 5.91 Å². The van der Waals surface area contributed by atoms with Gasteiger partial charge in [0.15, 0.2) is 5.83 Å². The summed E-state index contributed by atoms with van der Waals surface area (Å²) in [6.45, 7) is 0. The summed E-state index contributed by atoms with van der Waals surface area (Å²) in [5, 5.41) is 0. The smallest absolute Gasteiger partial charge is 0.361 e. The Balaban J connectivity index is 3.22. The number of halogens is 5. The molecule has 1 aliphatic carbocycles. The number of carbonyl (C=O) groups excluding carboxylic acids is 1. The van der Waals surface area contributed by atoms with E-state index in [2.05, 4.69) is 5.73 Å². The lowest BCUT2D eigenvalue weighted by molar-refractivity contribution is -0.204. The lowest BCUT2D eigenvalue weighted by Crippen LogP contribution is -2.45. The second-order valence-electron chi connectivity index (χ2n) is 2.94. The molecule has 0 radical (unpaired) electrons. The minimum Gasteiger partial charge on any atom is -0.366 e. The van der Waals surface area contributed by atoms with E-state index < -0.39 is 42.0 Å². The van der Waals surface area contributed by atoms with E-state index in [1.165, 1.54) is 0 Å². The maximum atomic E-state index is 12.7. The molecule has 0 heterocycles. The molecule has 0 saturated carbocycles. The zero-order valence-electron chi connectivity index (χ0n) is 6.79. The number of allylic oxidation sites excluding steroid dienone is 1. The van der Waals surface area contributed by atoms with Crippen LogP contribution in [0.3, 0.4) is 0 Å². The number of amides is 1. The van der Waals surface area contributed by atoms with Crippen molar-refractivity contribution in [1.29, 1.82) is 0 Å². The quantitative estimate of drug-likeness (QED) is 0.665. The molecule has 0 aliphatic heterocycles. The first-order valence-corrected chi connectivity index (χ1v) is 3.64. The van der Waals surface area contributed by atoms with E-state index in [0.29, 0.717) is 0 Å². The van der Waals surface area contributed by atoms with Gasteiger partial charge in [-0.05, 0) is 6.42 Å². The number of alkyl halides is 4. The predicted molar refractivity (Wildman–Crippen MR) is 36.5 cm³/mol. The van der Waals surface area contributed by atoms with Crippen molar-refractivity contribution in [2.75, 3.05) is 0 Å². The Morgan fingerprint density at radius 1 is 1.29 bits per heavy atom. The van der Waals surface area contributed by atoms with Gasteiger partial charge in [0.05, 0.1) is 5.57 Å². The summed E-state index contributed by atoms with van der Waals surface area (Å²) < 4.78 is 62.9. The van der Waals surface area contributed by atoms with Crippen LogP contribution in [0.4, 0.5) is 22.0 Å². The van der Waals surface area contributed by atoms with Crippen LogP contribution in [-0.4, -0.2) is 17.8 Å². The minimum atomic E-state index is -4.93. The van der Waals surface area contributed by atoms with Crippen LogP contribution in [-0.2, 0) is 4.79 Å². The third-order valence-electron chi connectivity index (χ3n) is 1.99. The third-order valence-corrected chi connectivity index (χ3v) is 1.99. The highest BCUT2D eigenvalue weighted by molar-refractivity contribution is 5.92. The molecule has 2 nitrogen and oxygen atoms in total. The lowest BCUT2D eigenvalue weighted by Gasteiger charge is -2.30. The fourth-order valence-electron chi connectivity index (χ4n) is 1.13. The van der Waals surface area contributed by atoms with Crippen molar-refractivity contribution in [3.8, 4) is 0 Å². The Kier molecular flexibility index (Phi) is 2.29. The molecular formula is C7H6F5NO.